The number of carbonyl (C=O) groups is 2. The molecule has 0 aliphatic heterocycles. The van der Waals surface area contributed by atoms with Crippen molar-refractivity contribution in [1.29, 1.82) is 0 Å². The number of rotatable bonds is 7. The molecule has 2 aromatic heterocycles. The molecule has 0 fully saturated rings. The molecule has 2 aromatic rings. The minimum Gasteiger partial charge on any atom is -0.481 e. The highest BCUT2D eigenvalue weighted by atomic mass is 32.1. The van der Waals surface area contributed by atoms with E-state index in [1.807, 2.05) is 12.3 Å². The third-order valence-electron chi connectivity index (χ3n) is 2.83. The Morgan fingerprint density at radius 3 is 2.90 bits per heavy atom. The summed E-state index contributed by atoms with van der Waals surface area (Å²) >= 11 is 1.31. The molecule has 0 saturated heterocycles. The zero-order valence-electron chi connectivity index (χ0n) is 11.6. The minimum absolute atomic E-state index is 0.116. The number of hydrogen-bond acceptors (Lipinski definition) is 5. The summed E-state index contributed by atoms with van der Waals surface area (Å²) in [7, 11) is 0. The molecule has 0 atom stereocenters. The molecular weight excluding hydrogens is 292 g/mol. The number of carboxylic acid groups (broad SMARTS) is 1. The fourth-order valence-electron chi connectivity index (χ4n) is 1.75. The van der Waals surface area contributed by atoms with E-state index in [2.05, 4.69) is 10.3 Å². The zero-order valence-corrected chi connectivity index (χ0v) is 12.4. The van der Waals surface area contributed by atoms with Crippen LogP contribution in [0.5, 0.6) is 0 Å². The summed E-state index contributed by atoms with van der Waals surface area (Å²) in [6.07, 6.45) is 1.97. The second-order valence-corrected chi connectivity index (χ2v) is 5.32. The quantitative estimate of drug-likeness (QED) is 0.820. The third-order valence-corrected chi connectivity index (χ3v) is 3.64. The Morgan fingerprint density at radius 1 is 1.43 bits per heavy atom. The van der Waals surface area contributed by atoms with Gasteiger partial charge in [0.1, 0.15) is 5.76 Å². The Kier molecular flexibility index (Phi) is 5.10. The highest BCUT2D eigenvalue weighted by Gasteiger charge is 2.13. The topological polar surface area (TPSA) is 92.4 Å². The van der Waals surface area contributed by atoms with Gasteiger partial charge in [0.05, 0.1) is 5.69 Å². The summed E-state index contributed by atoms with van der Waals surface area (Å²) in [6, 6.07) is 3.41. The van der Waals surface area contributed by atoms with Gasteiger partial charge in [-0.1, -0.05) is 6.92 Å². The molecule has 0 bridgehead atoms. The second kappa shape index (κ2) is 7.03. The molecule has 0 aliphatic rings. The van der Waals surface area contributed by atoms with Crippen molar-refractivity contribution in [3.05, 3.63) is 34.7 Å². The fourth-order valence-corrected chi connectivity index (χ4v) is 2.49. The molecule has 0 aromatic carbocycles. The summed E-state index contributed by atoms with van der Waals surface area (Å²) in [6.45, 7) is 1.95. The highest BCUT2D eigenvalue weighted by molar-refractivity contribution is 7.13. The predicted octanol–water partition coefficient (Wildman–Crippen LogP) is 2.96. The molecule has 2 N–H and O–H groups in total. The second-order valence-electron chi connectivity index (χ2n) is 4.46. The van der Waals surface area contributed by atoms with E-state index in [0.717, 1.165) is 17.9 Å². The average Bonchev–Trinajstić information content (AvgIpc) is 3.07. The molecule has 2 rings (SSSR count). The number of thiazole rings is 1. The minimum atomic E-state index is -0.816. The fraction of sp³-hybridized carbons (Fsp3) is 0.357. The van der Waals surface area contributed by atoms with Crippen LogP contribution in [0.1, 0.15) is 41.8 Å². The molecule has 0 saturated carbocycles. The van der Waals surface area contributed by atoms with Crippen LogP contribution in [0, 0.1) is 0 Å². The number of nitrogens with one attached hydrogen (secondary N) is 1. The van der Waals surface area contributed by atoms with Crippen LogP contribution in [0.3, 0.4) is 0 Å². The van der Waals surface area contributed by atoms with Crippen molar-refractivity contribution in [3.8, 4) is 0 Å². The van der Waals surface area contributed by atoms with Crippen LogP contribution in [0.25, 0.3) is 0 Å². The summed E-state index contributed by atoms with van der Waals surface area (Å²) < 4.78 is 5.36. The normalized spacial score (nSPS) is 10.5. The van der Waals surface area contributed by atoms with Gasteiger partial charge < -0.3 is 9.52 Å². The van der Waals surface area contributed by atoms with E-state index in [9.17, 15) is 9.59 Å². The number of nitrogens with zero attached hydrogens (tertiary/aromatic N) is 1. The number of hydrogen-bond donors (Lipinski definition) is 2. The van der Waals surface area contributed by atoms with Crippen LogP contribution in [0.2, 0.25) is 0 Å². The Balaban J connectivity index is 1.89. The zero-order chi connectivity index (χ0) is 15.2. The average molecular weight is 308 g/mol. The van der Waals surface area contributed by atoms with Gasteiger partial charge in [0.25, 0.3) is 5.91 Å². The van der Waals surface area contributed by atoms with Crippen LogP contribution < -0.4 is 5.32 Å². The molecular formula is C14H16N2O4S. The molecule has 1 amide bonds. The monoisotopic (exact) mass is 308 g/mol. The SMILES string of the molecule is CCc1ccc(C(=O)Nc2nc(CCCC(=O)O)cs2)o1. The van der Waals surface area contributed by atoms with Gasteiger partial charge >= 0.3 is 5.97 Å². The van der Waals surface area contributed by atoms with Crippen LogP contribution >= 0.6 is 11.3 Å². The Morgan fingerprint density at radius 2 is 2.24 bits per heavy atom. The van der Waals surface area contributed by atoms with Gasteiger partial charge in [-0.15, -0.1) is 11.3 Å². The van der Waals surface area contributed by atoms with Crippen LogP contribution in [0.15, 0.2) is 21.9 Å². The van der Waals surface area contributed by atoms with Crippen molar-refractivity contribution in [2.45, 2.75) is 32.6 Å². The number of aryl methyl sites for hydroxylation is 2. The molecule has 112 valence electrons. The first kappa shape index (κ1) is 15.2. The maximum atomic E-state index is 11.9. The summed E-state index contributed by atoms with van der Waals surface area (Å²) in [5, 5.41) is 13.6. The highest BCUT2D eigenvalue weighted by Crippen LogP contribution is 2.18. The van der Waals surface area contributed by atoms with Gasteiger partial charge in [0.15, 0.2) is 10.9 Å². The van der Waals surface area contributed by atoms with Crippen molar-refractivity contribution in [3.63, 3.8) is 0 Å². The molecule has 0 spiro atoms. The molecule has 0 aliphatic carbocycles. The number of aliphatic carboxylic acids is 1. The van der Waals surface area contributed by atoms with Crippen LogP contribution in [0.4, 0.5) is 5.13 Å². The number of aromatic nitrogens is 1. The van der Waals surface area contributed by atoms with E-state index in [4.69, 9.17) is 9.52 Å². The van der Waals surface area contributed by atoms with Crippen LogP contribution in [-0.4, -0.2) is 22.0 Å². The van der Waals surface area contributed by atoms with Crippen molar-refractivity contribution < 1.29 is 19.1 Å². The van der Waals surface area contributed by atoms with Crippen molar-refractivity contribution in [2.75, 3.05) is 5.32 Å². The van der Waals surface area contributed by atoms with E-state index < -0.39 is 5.97 Å². The predicted molar refractivity (Wildman–Crippen MR) is 78.7 cm³/mol. The summed E-state index contributed by atoms with van der Waals surface area (Å²) in [5.41, 5.74) is 0.783. The molecule has 2 heterocycles. The number of furan rings is 1. The lowest BCUT2D eigenvalue weighted by molar-refractivity contribution is -0.137. The first-order valence-electron chi connectivity index (χ1n) is 6.64. The van der Waals surface area contributed by atoms with E-state index in [-0.39, 0.29) is 18.1 Å². The van der Waals surface area contributed by atoms with Crippen LogP contribution in [-0.2, 0) is 17.6 Å². The van der Waals surface area contributed by atoms with Gasteiger partial charge in [0, 0.05) is 18.2 Å². The van der Waals surface area contributed by atoms with Gasteiger partial charge in [-0.2, -0.15) is 0 Å². The third kappa shape index (κ3) is 4.42. The summed E-state index contributed by atoms with van der Waals surface area (Å²) in [4.78, 5) is 26.6. The Labute approximate surface area is 125 Å². The lowest BCUT2D eigenvalue weighted by Crippen LogP contribution is -2.10. The van der Waals surface area contributed by atoms with Gasteiger partial charge in [0.2, 0.25) is 0 Å². The molecule has 0 radical (unpaired) electrons. The first-order valence-corrected chi connectivity index (χ1v) is 7.52. The number of carboxylic acids is 1. The lowest BCUT2D eigenvalue weighted by atomic mass is 10.2. The molecule has 7 heteroatoms. The van der Waals surface area contributed by atoms with Gasteiger partial charge in [-0.25, -0.2) is 4.98 Å². The van der Waals surface area contributed by atoms with E-state index in [1.165, 1.54) is 11.3 Å². The molecule has 0 unspecified atom stereocenters. The Hall–Kier alpha value is -2.15. The summed E-state index contributed by atoms with van der Waals surface area (Å²) in [5.74, 6) is -0.132. The molecule has 21 heavy (non-hydrogen) atoms. The van der Waals surface area contributed by atoms with Crippen molar-refractivity contribution in [1.82, 2.24) is 4.98 Å². The lowest BCUT2D eigenvalue weighted by Gasteiger charge is -1.98. The largest absolute Gasteiger partial charge is 0.481 e. The van der Waals surface area contributed by atoms with Gasteiger partial charge in [-0.05, 0) is 25.0 Å². The maximum Gasteiger partial charge on any atom is 0.303 e. The smallest absolute Gasteiger partial charge is 0.303 e. The molecule has 6 nitrogen and oxygen atoms in total. The van der Waals surface area contributed by atoms with E-state index in [0.29, 0.717) is 18.0 Å². The first-order chi connectivity index (χ1) is 10.1. The van der Waals surface area contributed by atoms with Crippen molar-refractivity contribution >= 4 is 28.3 Å². The maximum absolute atomic E-state index is 11.9. The number of amides is 1. The Bertz CT molecular complexity index is 632. The van der Waals surface area contributed by atoms with E-state index >= 15 is 0 Å². The number of anilines is 1. The van der Waals surface area contributed by atoms with E-state index in [1.54, 1.807) is 12.1 Å². The van der Waals surface area contributed by atoms with Gasteiger partial charge in [-0.3, -0.25) is 14.9 Å². The standard InChI is InChI=1S/C14H16N2O4S/c1-2-10-6-7-11(20-10)13(19)16-14-15-9(8-21-14)4-3-5-12(17)18/h6-8H,2-5H2,1H3,(H,17,18)(H,15,16,19). The van der Waals surface area contributed by atoms with Crippen molar-refractivity contribution in [2.24, 2.45) is 0 Å². The number of carbonyl (C=O) groups excluding carboxylic acids is 1.